The zero-order chi connectivity index (χ0) is 24.3. The summed E-state index contributed by atoms with van der Waals surface area (Å²) in [5.41, 5.74) is 4.09. The molecular formula is C28H27N5O2S. The van der Waals surface area contributed by atoms with Crippen molar-refractivity contribution in [2.24, 2.45) is 0 Å². The molecule has 3 aromatic carbocycles. The summed E-state index contributed by atoms with van der Waals surface area (Å²) in [5.74, 6) is 3.34. The molecule has 0 N–H and O–H groups in total. The van der Waals surface area contributed by atoms with E-state index in [9.17, 15) is 0 Å². The molecule has 8 heteroatoms. The smallest absolute Gasteiger partial charge is 0.144 e. The Bertz CT molecular complexity index is 1500. The Morgan fingerprint density at radius 1 is 0.861 bits per heavy atom. The van der Waals surface area contributed by atoms with Gasteiger partial charge in [-0.3, -0.25) is 9.47 Å². The predicted octanol–water partition coefficient (Wildman–Crippen LogP) is 5.10. The van der Waals surface area contributed by atoms with Crippen LogP contribution < -0.4 is 4.74 Å². The highest BCUT2D eigenvalue weighted by Gasteiger charge is 2.17. The Balaban J connectivity index is 1.34. The second-order valence-electron chi connectivity index (χ2n) is 8.69. The normalized spacial score (nSPS) is 14.5. The highest BCUT2D eigenvalue weighted by atomic mass is 32.2. The van der Waals surface area contributed by atoms with Crippen LogP contribution in [0.3, 0.4) is 0 Å². The molecule has 182 valence electrons. The van der Waals surface area contributed by atoms with Crippen molar-refractivity contribution < 1.29 is 9.47 Å². The third-order valence-corrected chi connectivity index (χ3v) is 7.37. The highest BCUT2D eigenvalue weighted by molar-refractivity contribution is 7.98. The maximum Gasteiger partial charge on any atom is 0.144 e. The van der Waals surface area contributed by atoms with Crippen LogP contribution in [0.15, 0.2) is 77.8 Å². The van der Waals surface area contributed by atoms with Crippen LogP contribution >= 0.6 is 11.8 Å². The molecule has 3 heterocycles. The van der Waals surface area contributed by atoms with Crippen molar-refractivity contribution in [3.05, 3.63) is 84.4 Å². The molecule has 1 aliphatic heterocycles. The fourth-order valence-electron chi connectivity index (χ4n) is 4.56. The molecule has 0 aliphatic carbocycles. The first-order valence-electron chi connectivity index (χ1n) is 12.1. The molecule has 2 aromatic heterocycles. The second kappa shape index (κ2) is 10.3. The quantitative estimate of drug-likeness (QED) is 0.229. The summed E-state index contributed by atoms with van der Waals surface area (Å²) in [6.07, 6.45) is 0. The Hall–Kier alpha value is -3.46. The number of hydrogen-bond acceptors (Lipinski definition) is 7. The van der Waals surface area contributed by atoms with Crippen molar-refractivity contribution in [3.8, 4) is 11.4 Å². The Morgan fingerprint density at radius 3 is 2.42 bits per heavy atom. The van der Waals surface area contributed by atoms with Crippen LogP contribution in [0.4, 0.5) is 0 Å². The summed E-state index contributed by atoms with van der Waals surface area (Å²) in [6, 6.07) is 24.6. The number of aromatic nitrogens is 4. The van der Waals surface area contributed by atoms with Crippen LogP contribution in [0.2, 0.25) is 0 Å². The van der Waals surface area contributed by atoms with Crippen molar-refractivity contribution in [3.63, 3.8) is 0 Å². The van der Waals surface area contributed by atoms with E-state index in [-0.39, 0.29) is 0 Å². The fourth-order valence-corrected chi connectivity index (χ4v) is 5.52. The van der Waals surface area contributed by atoms with Crippen LogP contribution in [0.5, 0.6) is 5.75 Å². The number of para-hydroxylation sites is 3. The number of benzene rings is 3. The molecule has 6 rings (SSSR count). The molecule has 7 nitrogen and oxygen atoms in total. The molecule has 1 saturated heterocycles. The molecule has 0 unspecified atom stereocenters. The summed E-state index contributed by atoms with van der Waals surface area (Å²) in [4.78, 5) is 17.2. The highest BCUT2D eigenvalue weighted by Crippen LogP contribution is 2.31. The van der Waals surface area contributed by atoms with Crippen molar-refractivity contribution in [1.82, 2.24) is 24.4 Å². The number of imidazole rings is 1. The van der Waals surface area contributed by atoms with E-state index in [1.54, 1.807) is 18.9 Å². The number of morpholine rings is 1. The number of fused-ring (bicyclic) bond motifs is 2. The molecule has 5 aromatic rings. The van der Waals surface area contributed by atoms with Gasteiger partial charge >= 0.3 is 0 Å². The van der Waals surface area contributed by atoms with E-state index in [2.05, 4.69) is 51.9 Å². The minimum Gasteiger partial charge on any atom is -0.497 e. The van der Waals surface area contributed by atoms with Gasteiger partial charge in [0, 0.05) is 24.2 Å². The van der Waals surface area contributed by atoms with E-state index in [1.807, 2.05) is 30.3 Å². The summed E-state index contributed by atoms with van der Waals surface area (Å²) in [5, 5.41) is 2.05. The first-order chi connectivity index (χ1) is 17.8. The lowest BCUT2D eigenvalue weighted by Gasteiger charge is -2.25. The third-order valence-electron chi connectivity index (χ3n) is 6.38. The third kappa shape index (κ3) is 4.67. The minimum absolute atomic E-state index is 0.679. The Morgan fingerprint density at radius 2 is 1.61 bits per heavy atom. The van der Waals surface area contributed by atoms with Crippen LogP contribution in [0.25, 0.3) is 27.6 Å². The van der Waals surface area contributed by atoms with E-state index in [0.29, 0.717) is 5.75 Å². The molecule has 0 radical (unpaired) electrons. The van der Waals surface area contributed by atoms with Gasteiger partial charge in [-0.25, -0.2) is 15.0 Å². The Labute approximate surface area is 214 Å². The number of thioether (sulfide) groups is 1. The van der Waals surface area contributed by atoms with Gasteiger partial charge in [-0.1, -0.05) is 42.1 Å². The number of hydrogen-bond donors (Lipinski definition) is 0. The largest absolute Gasteiger partial charge is 0.497 e. The van der Waals surface area contributed by atoms with Crippen molar-refractivity contribution in [1.29, 1.82) is 0 Å². The van der Waals surface area contributed by atoms with Gasteiger partial charge in [0.2, 0.25) is 0 Å². The van der Waals surface area contributed by atoms with Gasteiger partial charge in [-0.15, -0.1) is 0 Å². The maximum absolute atomic E-state index is 5.50. The average Bonchev–Trinajstić information content (AvgIpc) is 3.31. The number of nitrogens with zero attached hydrogens (tertiary/aromatic N) is 5. The number of methoxy groups -OCH3 is 1. The maximum atomic E-state index is 5.50. The monoisotopic (exact) mass is 497 g/mol. The molecule has 0 saturated carbocycles. The van der Waals surface area contributed by atoms with Crippen molar-refractivity contribution in [2.75, 3.05) is 33.4 Å². The summed E-state index contributed by atoms with van der Waals surface area (Å²) in [7, 11) is 1.68. The van der Waals surface area contributed by atoms with E-state index < -0.39 is 0 Å². The van der Waals surface area contributed by atoms with Crippen LogP contribution in [0.1, 0.15) is 11.6 Å². The van der Waals surface area contributed by atoms with Gasteiger partial charge in [0.15, 0.2) is 0 Å². The molecule has 1 aliphatic rings. The topological polar surface area (TPSA) is 65.3 Å². The first kappa shape index (κ1) is 23.0. The molecule has 0 spiro atoms. The van der Waals surface area contributed by atoms with Gasteiger partial charge in [0.25, 0.3) is 0 Å². The molecule has 1 fully saturated rings. The zero-order valence-electron chi connectivity index (χ0n) is 20.1. The van der Waals surface area contributed by atoms with Gasteiger partial charge in [0.1, 0.15) is 22.4 Å². The molecule has 0 bridgehead atoms. The molecule has 0 atom stereocenters. The lowest BCUT2D eigenvalue weighted by molar-refractivity contribution is 0.0330. The van der Waals surface area contributed by atoms with Gasteiger partial charge < -0.3 is 9.47 Å². The average molecular weight is 498 g/mol. The molecular weight excluding hydrogens is 470 g/mol. The van der Waals surface area contributed by atoms with Gasteiger partial charge in [0.05, 0.1) is 49.2 Å². The minimum atomic E-state index is 0.679. The van der Waals surface area contributed by atoms with E-state index in [0.717, 1.165) is 82.9 Å². The van der Waals surface area contributed by atoms with Crippen molar-refractivity contribution in [2.45, 2.75) is 17.3 Å². The van der Waals surface area contributed by atoms with E-state index in [4.69, 9.17) is 24.4 Å². The predicted molar refractivity (Wildman–Crippen MR) is 143 cm³/mol. The van der Waals surface area contributed by atoms with E-state index >= 15 is 0 Å². The summed E-state index contributed by atoms with van der Waals surface area (Å²) >= 11 is 1.71. The zero-order valence-corrected chi connectivity index (χ0v) is 20.9. The number of rotatable bonds is 7. The SMILES string of the molecule is COc1ccc(-n2c(CSc3nc(CN4CCOCC4)nc4ccccc34)nc3ccccc32)cc1. The number of ether oxygens (including phenoxy) is 2. The molecule has 0 amide bonds. The Kier molecular flexibility index (Phi) is 6.55. The van der Waals surface area contributed by atoms with E-state index in [1.165, 1.54) is 0 Å². The van der Waals surface area contributed by atoms with Gasteiger partial charge in [-0.05, 0) is 42.5 Å². The lowest BCUT2D eigenvalue weighted by Crippen LogP contribution is -2.36. The standard InChI is InChI=1S/C28H27N5O2S/c1-34-21-12-10-20(11-13-21)33-25-9-5-4-8-24(25)30-27(33)19-36-28-22-6-2-3-7-23(22)29-26(31-28)18-32-14-16-35-17-15-32/h2-13H,14-19H2,1H3. The fraction of sp³-hybridized carbons (Fsp3) is 0.250. The summed E-state index contributed by atoms with van der Waals surface area (Å²) in [6.45, 7) is 4.06. The lowest BCUT2D eigenvalue weighted by atomic mass is 10.2. The van der Waals surface area contributed by atoms with Crippen LogP contribution in [0, 0.1) is 0 Å². The first-order valence-corrected chi connectivity index (χ1v) is 13.1. The second-order valence-corrected chi connectivity index (χ2v) is 9.65. The van der Waals surface area contributed by atoms with Crippen LogP contribution in [-0.2, 0) is 17.0 Å². The molecule has 36 heavy (non-hydrogen) atoms. The summed E-state index contributed by atoms with van der Waals surface area (Å²) < 4.78 is 13.1. The van der Waals surface area contributed by atoms with Crippen LogP contribution in [-0.4, -0.2) is 57.8 Å². The van der Waals surface area contributed by atoms with Gasteiger partial charge in [-0.2, -0.15) is 0 Å². The van der Waals surface area contributed by atoms with Crippen molar-refractivity contribution >= 4 is 33.7 Å².